The average molecular weight is 340 g/mol. The van der Waals surface area contributed by atoms with Crippen molar-refractivity contribution in [2.75, 3.05) is 31.1 Å². The minimum Gasteiger partial charge on any atom is -0.367 e. The maximum atomic E-state index is 11.6. The summed E-state index contributed by atoms with van der Waals surface area (Å²) >= 11 is 1.75. The van der Waals surface area contributed by atoms with Gasteiger partial charge in [0.25, 0.3) is 0 Å². The van der Waals surface area contributed by atoms with Crippen LogP contribution in [0.2, 0.25) is 0 Å². The van der Waals surface area contributed by atoms with Gasteiger partial charge >= 0.3 is 0 Å². The van der Waals surface area contributed by atoms with E-state index in [0.717, 1.165) is 30.6 Å². The molecule has 0 spiro atoms. The normalized spacial score (nSPS) is 21.5. The zero-order chi connectivity index (χ0) is 16.4. The molecule has 2 saturated heterocycles. The Hall–Kier alpha value is -1.65. The van der Waals surface area contributed by atoms with E-state index in [1.807, 2.05) is 6.07 Å². The lowest BCUT2D eigenvalue weighted by Crippen LogP contribution is -2.39. The van der Waals surface area contributed by atoms with Crippen LogP contribution in [0.5, 0.6) is 0 Å². The summed E-state index contributed by atoms with van der Waals surface area (Å²) in [6, 6.07) is 11.1. The molecule has 2 aromatic rings. The molecule has 1 aromatic carbocycles. The monoisotopic (exact) mass is 340 g/mol. The Morgan fingerprint density at radius 2 is 2.00 bits per heavy atom. The maximum absolute atomic E-state index is 11.6. The Kier molecular flexibility index (Phi) is 4.67. The molecule has 0 aliphatic carbocycles. The lowest BCUT2D eigenvalue weighted by molar-refractivity contribution is 0.112. The first-order valence-electron chi connectivity index (χ1n) is 8.97. The van der Waals surface area contributed by atoms with Crippen molar-refractivity contribution in [3.8, 4) is 10.4 Å². The summed E-state index contributed by atoms with van der Waals surface area (Å²) in [6.07, 6.45) is 6.14. The lowest BCUT2D eigenvalue weighted by Gasteiger charge is -2.31. The van der Waals surface area contributed by atoms with Crippen LogP contribution in [-0.2, 0) is 0 Å². The predicted octanol–water partition coefficient (Wildman–Crippen LogP) is 4.29. The van der Waals surface area contributed by atoms with Crippen molar-refractivity contribution in [3.63, 3.8) is 0 Å². The molecule has 2 aliphatic heterocycles. The van der Waals surface area contributed by atoms with Crippen molar-refractivity contribution < 1.29 is 4.79 Å². The third kappa shape index (κ3) is 3.13. The van der Waals surface area contributed by atoms with E-state index < -0.39 is 0 Å². The molecular weight excluding hydrogens is 316 g/mol. The van der Waals surface area contributed by atoms with E-state index in [1.165, 1.54) is 49.2 Å². The van der Waals surface area contributed by atoms with E-state index in [4.69, 9.17) is 0 Å². The van der Waals surface area contributed by atoms with E-state index in [1.54, 1.807) is 11.3 Å². The third-order valence-electron chi connectivity index (χ3n) is 5.32. The molecule has 3 nitrogen and oxygen atoms in total. The van der Waals surface area contributed by atoms with E-state index in [-0.39, 0.29) is 0 Å². The predicted molar refractivity (Wildman–Crippen MR) is 101 cm³/mol. The van der Waals surface area contributed by atoms with Crippen molar-refractivity contribution >= 4 is 23.3 Å². The number of anilines is 1. The van der Waals surface area contributed by atoms with Crippen molar-refractivity contribution in [1.82, 2.24) is 4.90 Å². The quantitative estimate of drug-likeness (QED) is 0.759. The van der Waals surface area contributed by atoms with Crippen molar-refractivity contribution in [3.05, 3.63) is 41.3 Å². The Labute approximate surface area is 147 Å². The second-order valence-corrected chi connectivity index (χ2v) is 7.81. The molecule has 2 aliphatic rings. The summed E-state index contributed by atoms with van der Waals surface area (Å²) in [5, 5.41) is 2.11. The van der Waals surface area contributed by atoms with Crippen LogP contribution in [0.3, 0.4) is 0 Å². The second kappa shape index (κ2) is 7.08. The van der Waals surface area contributed by atoms with Crippen LogP contribution in [0.25, 0.3) is 10.4 Å². The fraction of sp³-hybridized carbons (Fsp3) is 0.450. The van der Waals surface area contributed by atoms with Gasteiger partial charge in [-0.3, -0.25) is 4.79 Å². The number of carbonyl (C=O) groups excluding carboxylic acids is 1. The van der Waals surface area contributed by atoms with Crippen LogP contribution < -0.4 is 4.90 Å². The Morgan fingerprint density at radius 3 is 2.75 bits per heavy atom. The number of benzene rings is 1. The topological polar surface area (TPSA) is 23.6 Å². The van der Waals surface area contributed by atoms with Crippen LogP contribution >= 0.6 is 11.3 Å². The smallest absolute Gasteiger partial charge is 0.152 e. The average Bonchev–Trinajstić information content (AvgIpc) is 3.37. The zero-order valence-corrected chi connectivity index (χ0v) is 14.8. The van der Waals surface area contributed by atoms with E-state index >= 15 is 0 Å². The molecule has 4 heteroatoms. The number of carbonyl (C=O) groups is 1. The summed E-state index contributed by atoms with van der Waals surface area (Å²) in [7, 11) is 0. The fourth-order valence-corrected chi connectivity index (χ4v) is 4.82. The van der Waals surface area contributed by atoms with Gasteiger partial charge in [0.2, 0.25) is 0 Å². The van der Waals surface area contributed by atoms with Crippen LogP contribution in [-0.4, -0.2) is 43.4 Å². The summed E-state index contributed by atoms with van der Waals surface area (Å²) in [5.74, 6) is 0. The number of hydrogen-bond donors (Lipinski definition) is 0. The van der Waals surface area contributed by atoms with Gasteiger partial charge in [-0.2, -0.15) is 0 Å². The number of nitrogens with zero attached hydrogens (tertiary/aromatic N) is 2. The van der Waals surface area contributed by atoms with Gasteiger partial charge < -0.3 is 9.80 Å². The Balaban J connectivity index is 1.63. The molecule has 2 fully saturated rings. The van der Waals surface area contributed by atoms with Crippen LogP contribution in [0.1, 0.15) is 36.0 Å². The fourth-order valence-electron chi connectivity index (χ4n) is 4.09. The number of rotatable bonds is 5. The van der Waals surface area contributed by atoms with Crippen LogP contribution in [0.4, 0.5) is 5.69 Å². The van der Waals surface area contributed by atoms with Gasteiger partial charge in [0, 0.05) is 35.3 Å². The van der Waals surface area contributed by atoms with Gasteiger partial charge in [-0.1, -0.05) is 12.1 Å². The first kappa shape index (κ1) is 15.9. The minimum atomic E-state index is 0.542. The molecule has 1 aromatic heterocycles. The lowest BCUT2D eigenvalue weighted by atomic mass is 10.1. The zero-order valence-electron chi connectivity index (χ0n) is 14.0. The highest BCUT2D eigenvalue weighted by atomic mass is 32.1. The van der Waals surface area contributed by atoms with E-state index in [2.05, 4.69) is 39.4 Å². The Morgan fingerprint density at radius 1 is 1.12 bits per heavy atom. The summed E-state index contributed by atoms with van der Waals surface area (Å²) in [4.78, 5) is 17.9. The van der Waals surface area contributed by atoms with E-state index in [9.17, 15) is 4.79 Å². The molecule has 0 saturated carbocycles. The highest BCUT2D eigenvalue weighted by Gasteiger charge is 2.29. The second-order valence-electron chi connectivity index (χ2n) is 6.87. The summed E-state index contributed by atoms with van der Waals surface area (Å²) < 4.78 is 0. The minimum absolute atomic E-state index is 0.542. The molecule has 1 atom stereocenters. The largest absolute Gasteiger partial charge is 0.367 e. The molecule has 0 amide bonds. The number of aldehydes is 1. The van der Waals surface area contributed by atoms with Gasteiger partial charge in [0.05, 0.1) is 0 Å². The van der Waals surface area contributed by atoms with Crippen LogP contribution in [0.15, 0.2) is 35.7 Å². The van der Waals surface area contributed by atoms with Gasteiger partial charge in [0.1, 0.15) is 0 Å². The number of thiophene rings is 1. The third-order valence-corrected chi connectivity index (χ3v) is 6.24. The molecule has 0 N–H and O–H groups in total. The molecule has 0 radical (unpaired) electrons. The first-order valence-corrected chi connectivity index (χ1v) is 9.85. The molecular formula is C20H24N2OS. The molecule has 3 heterocycles. The van der Waals surface area contributed by atoms with Gasteiger partial charge in [-0.05, 0) is 67.9 Å². The summed E-state index contributed by atoms with van der Waals surface area (Å²) in [5.41, 5.74) is 3.17. The SMILES string of the molecule is O=Cc1ccc(-c2cccs2)cc1N1CCC[C@H]1CN1CCCC1. The molecule has 126 valence electrons. The molecule has 4 rings (SSSR count). The summed E-state index contributed by atoms with van der Waals surface area (Å²) in [6.45, 7) is 4.68. The van der Waals surface area contributed by atoms with Gasteiger partial charge in [-0.15, -0.1) is 11.3 Å². The van der Waals surface area contributed by atoms with E-state index in [0.29, 0.717) is 6.04 Å². The first-order chi connectivity index (χ1) is 11.8. The standard InChI is InChI=1S/C20H24N2OS/c23-15-17-8-7-16(20-6-4-12-24-20)13-19(17)22-11-3-5-18(22)14-21-9-1-2-10-21/h4,6-8,12-13,15,18H,1-3,5,9-11,14H2/t18-/m0/s1. The highest BCUT2D eigenvalue weighted by Crippen LogP contribution is 2.34. The van der Waals surface area contributed by atoms with Gasteiger partial charge in [0.15, 0.2) is 6.29 Å². The van der Waals surface area contributed by atoms with Crippen molar-refractivity contribution in [1.29, 1.82) is 0 Å². The van der Waals surface area contributed by atoms with Gasteiger partial charge in [-0.25, -0.2) is 0 Å². The number of hydrogen-bond acceptors (Lipinski definition) is 4. The maximum Gasteiger partial charge on any atom is 0.152 e. The van der Waals surface area contributed by atoms with Crippen LogP contribution in [0, 0.1) is 0 Å². The van der Waals surface area contributed by atoms with Crippen molar-refractivity contribution in [2.45, 2.75) is 31.7 Å². The molecule has 0 unspecified atom stereocenters. The highest BCUT2D eigenvalue weighted by molar-refractivity contribution is 7.13. The van der Waals surface area contributed by atoms with Crippen molar-refractivity contribution in [2.24, 2.45) is 0 Å². The number of likely N-dealkylation sites (tertiary alicyclic amines) is 1. The molecule has 0 bridgehead atoms. The molecule has 24 heavy (non-hydrogen) atoms. The Bertz CT molecular complexity index is 692.